The zero-order valence-corrected chi connectivity index (χ0v) is 7.53. The van der Waals surface area contributed by atoms with Crippen molar-refractivity contribution in [3.8, 4) is 0 Å². The van der Waals surface area contributed by atoms with E-state index < -0.39 is 0 Å². The van der Waals surface area contributed by atoms with Crippen molar-refractivity contribution in [1.29, 1.82) is 0 Å². The summed E-state index contributed by atoms with van der Waals surface area (Å²) in [4.78, 5) is 0. The predicted molar refractivity (Wildman–Crippen MR) is 48.5 cm³/mol. The molecule has 0 aromatic heterocycles. The maximum Gasteiger partial charge on any atom is -0.0286 e. The third-order valence-corrected chi connectivity index (χ3v) is 3.26. The molecule has 0 heterocycles. The summed E-state index contributed by atoms with van der Waals surface area (Å²) in [5.41, 5.74) is 3.70. The number of rotatable bonds is 3. The highest BCUT2D eigenvalue weighted by molar-refractivity contribution is 5.25. The highest BCUT2D eigenvalue weighted by Gasteiger charge is 2.28. The van der Waals surface area contributed by atoms with Crippen LogP contribution in [-0.4, -0.2) is 0 Å². The van der Waals surface area contributed by atoms with Crippen LogP contribution in [0.15, 0.2) is 11.1 Å². The molecule has 0 heteroatoms. The standard InChI is InChI=1S/C11H18/c1-2-3-4-10-7-9-5-6-11(10)8-9/h9H,2-8H2,1H3. The summed E-state index contributed by atoms with van der Waals surface area (Å²) >= 11 is 0. The van der Waals surface area contributed by atoms with E-state index in [2.05, 4.69) is 6.92 Å². The molecule has 0 saturated heterocycles. The Hall–Kier alpha value is -0.260. The zero-order chi connectivity index (χ0) is 7.68. The van der Waals surface area contributed by atoms with Crippen LogP contribution in [0.5, 0.6) is 0 Å². The molecule has 11 heavy (non-hydrogen) atoms. The summed E-state index contributed by atoms with van der Waals surface area (Å²) in [6.45, 7) is 2.29. The molecule has 0 nitrogen and oxygen atoms in total. The normalized spacial score (nSPS) is 28.6. The van der Waals surface area contributed by atoms with Gasteiger partial charge in [-0.25, -0.2) is 0 Å². The van der Waals surface area contributed by atoms with Gasteiger partial charge in [-0.3, -0.25) is 0 Å². The van der Waals surface area contributed by atoms with Crippen molar-refractivity contribution in [3.05, 3.63) is 11.1 Å². The molecular weight excluding hydrogens is 132 g/mol. The molecule has 1 fully saturated rings. The molecular formula is C11H18. The topological polar surface area (TPSA) is 0 Å². The molecule has 0 aliphatic heterocycles. The van der Waals surface area contributed by atoms with E-state index in [9.17, 15) is 0 Å². The van der Waals surface area contributed by atoms with Crippen LogP contribution in [0.3, 0.4) is 0 Å². The Kier molecular flexibility index (Phi) is 2.02. The van der Waals surface area contributed by atoms with E-state index in [1.807, 2.05) is 11.1 Å². The molecule has 0 aromatic carbocycles. The maximum atomic E-state index is 2.29. The van der Waals surface area contributed by atoms with Gasteiger partial charge in [0.25, 0.3) is 0 Å². The fraction of sp³-hybridized carbons (Fsp3) is 0.818. The molecule has 1 atom stereocenters. The number of hydrogen-bond donors (Lipinski definition) is 0. The molecule has 0 aromatic rings. The molecule has 2 bridgehead atoms. The number of allylic oxidation sites excluding steroid dienone is 2. The highest BCUT2D eigenvalue weighted by atomic mass is 14.3. The number of unbranched alkanes of at least 4 members (excludes halogenated alkanes) is 1. The lowest BCUT2D eigenvalue weighted by atomic mass is 9.95. The van der Waals surface area contributed by atoms with Gasteiger partial charge in [-0.2, -0.15) is 0 Å². The minimum atomic E-state index is 1.08. The van der Waals surface area contributed by atoms with Crippen molar-refractivity contribution in [1.82, 2.24) is 0 Å². The molecule has 0 N–H and O–H groups in total. The van der Waals surface area contributed by atoms with Gasteiger partial charge >= 0.3 is 0 Å². The summed E-state index contributed by atoms with van der Waals surface area (Å²) < 4.78 is 0. The molecule has 0 radical (unpaired) electrons. The van der Waals surface area contributed by atoms with E-state index >= 15 is 0 Å². The second-order valence-electron chi connectivity index (χ2n) is 4.12. The first-order valence-corrected chi connectivity index (χ1v) is 5.10. The van der Waals surface area contributed by atoms with Crippen molar-refractivity contribution in [2.24, 2.45) is 5.92 Å². The van der Waals surface area contributed by atoms with Crippen LogP contribution in [0, 0.1) is 5.92 Å². The van der Waals surface area contributed by atoms with Crippen molar-refractivity contribution < 1.29 is 0 Å². The van der Waals surface area contributed by atoms with Crippen LogP contribution >= 0.6 is 0 Å². The van der Waals surface area contributed by atoms with Crippen molar-refractivity contribution in [2.75, 3.05) is 0 Å². The molecule has 0 spiro atoms. The number of fused-ring (bicyclic) bond motifs is 2. The van der Waals surface area contributed by atoms with E-state index in [1.54, 1.807) is 0 Å². The Morgan fingerprint density at radius 3 is 2.82 bits per heavy atom. The lowest BCUT2D eigenvalue weighted by Gasteiger charge is -2.10. The van der Waals surface area contributed by atoms with Crippen molar-refractivity contribution in [2.45, 2.75) is 51.9 Å². The summed E-state index contributed by atoms with van der Waals surface area (Å²) in [7, 11) is 0. The van der Waals surface area contributed by atoms with Gasteiger partial charge in [-0.05, 0) is 44.4 Å². The van der Waals surface area contributed by atoms with Gasteiger partial charge in [0.1, 0.15) is 0 Å². The Morgan fingerprint density at radius 2 is 2.27 bits per heavy atom. The fourth-order valence-electron chi connectivity index (χ4n) is 2.59. The first-order chi connectivity index (χ1) is 5.40. The van der Waals surface area contributed by atoms with Crippen molar-refractivity contribution >= 4 is 0 Å². The lowest BCUT2D eigenvalue weighted by Crippen LogP contribution is -1.94. The van der Waals surface area contributed by atoms with Gasteiger partial charge in [0, 0.05) is 0 Å². The lowest BCUT2D eigenvalue weighted by molar-refractivity contribution is 0.550. The Balaban J connectivity index is 1.93. The van der Waals surface area contributed by atoms with Crippen LogP contribution in [0.25, 0.3) is 0 Å². The van der Waals surface area contributed by atoms with E-state index in [4.69, 9.17) is 0 Å². The smallest absolute Gasteiger partial charge is 0.0286 e. The third-order valence-electron chi connectivity index (χ3n) is 3.26. The fourth-order valence-corrected chi connectivity index (χ4v) is 2.59. The zero-order valence-electron chi connectivity index (χ0n) is 7.53. The van der Waals surface area contributed by atoms with E-state index in [-0.39, 0.29) is 0 Å². The van der Waals surface area contributed by atoms with Gasteiger partial charge in [-0.1, -0.05) is 24.5 Å². The Labute approximate surface area is 69.7 Å². The van der Waals surface area contributed by atoms with Crippen molar-refractivity contribution in [3.63, 3.8) is 0 Å². The Morgan fingerprint density at radius 1 is 1.36 bits per heavy atom. The maximum absolute atomic E-state index is 2.29. The van der Waals surface area contributed by atoms with Crippen LogP contribution in [0.2, 0.25) is 0 Å². The van der Waals surface area contributed by atoms with E-state index in [0.29, 0.717) is 0 Å². The van der Waals surface area contributed by atoms with Gasteiger partial charge in [0.05, 0.1) is 0 Å². The quantitative estimate of drug-likeness (QED) is 0.538. The van der Waals surface area contributed by atoms with Gasteiger partial charge in [-0.15, -0.1) is 0 Å². The highest BCUT2D eigenvalue weighted by Crippen LogP contribution is 2.45. The molecule has 2 rings (SSSR count). The predicted octanol–water partition coefficient (Wildman–Crippen LogP) is 3.68. The monoisotopic (exact) mass is 150 g/mol. The molecule has 1 unspecified atom stereocenters. The second-order valence-corrected chi connectivity index (χ2v) is 4.12. The first kappa shape index (κ1) is 7.39. The summed E-state index contributed by atoms with van der Waals surface area (Å²) in [6, 6.07) is 0. The molecule has 2 aliphatic rings. The molecule has 62 valence electrons. The van der Waals surface area contributed by atoms with E-state index in [1.165, 1.54) is 44.9 Å². The summed E-state index contributed by atoms with van der Waals surface area (Å²) in [5.74, 6) is 1.08. The molecule has 1 saturated carbocycles. The largest absolute Gasteiger partial charge is 0.0707 e. The number of hydrogen-bond acceptors (Lipinski definition) is 0. The van der Waals surface area contributed by atoms with Crippen LogP contribution < -0.4 is 0 Å². The SMILES string of the molecule is CCCCC1=C2CCC(C1)C2. The van der Waals surface area contributed by atoms with Gasteiger partial charge in [0.15, 0.2) is 0 Å². The van der Waals surface area contributed by atoms with Crippen LogP contribution in [-0.2, 0) is 0 Å². The average molecular weight is 150 g/mol. The summed E-state index contributed by atoms with van der Waals surface area (Å²) in [5, 5.41) is 0. The van der Waals surface area contributed by atoms with Crippen LogP contribution in [0.1, 0.15) is 51.9 Å². The van der Waals surface area contributed by atoms with Crippen LogP contribution in [0.4, 0.5) is 0 Å². The van der Waals surface area contributed by atoms with Gasteiger partial charge < -0.3 is 0 Å². The van der Waals surface area contributed by atoms with Gasteiger partial charge in [0.2, 0.25) is 0 Å². The second kappa shape index (κ2) is 3.00. The minimum Gasteiger partial charge on any atom is -0.0707 e. The van der Waals surface area contributed by atoms with E-state index in [0.717, 1.165) is 5.92 Å². The minimum absolute atomic E-state index is 1.08. The third kappa shape index (κ3) is 1.36. The molecule has 0 amide bonds. The average Bonchev–Trinajstić information content (AvgIpc) is 2.60. The first-order valence-electron chi connectivity index (χ1n) is 5.10. The summed E-state index contributed by atoms with van der Waals surface area (Å²) in [6.07, 6.45) is 10.1. The molecule has 2 aliphatic carbocycles. The Bertz CT molecular complexity index is 176.